The molecule has 1 aliphatic heterocycles. The summed E-state index contributed by atoms with van der Waals surface area (Å²) in [4.78, 5) is 0. The monoisotopic (exact) mass is 238 g/mol. The second kappa shape index (κ2) is 5.67. The van der Waals surface area contributed by atoms with Crippen molar-refractivity contribution in [3.05, 3.63) is 34.3 Å². The van der Waals surface area contributed by atoms with Gasteiger partial charge in [-0.3, -0.25) is 0 Å². The van der Waals surface area contributed by atoms with Crippen LogP contribution in [0.3, 0.4) is 0 Å². The van der Waals surface area contributed by atoms with Gasteiger partial charge < -0.3 is 11.1 Å². The molecule has 0 atom stereocenters. The Morgan fingerprint density at radius 3 is 2.69 bits per heavy atom. The summed E-state index contributed by atoms with van der Waals surface area (Å²) in [5, 5.41) is 4.29. The van der Waals surface area contributed by atoms with Gasteiger partial charge in [0.05, 0.1) is 0 Å². The lowest BCUT2D eigenvalue weighted by Gasteiger charge is -2.24. The van der Waals surface area contributed by atoms with Crippen molar-refractivity contribution in [3.8, 4) is 0 Å². The third kappa shape index (κ3) is 2.76. The van der Waals surface area contributed by atoms with E-state index in [0.29, 0.717) is 12.5 Å². The predicted octanol–water partition coefficient (Wildman–Crippen LogP) is 2.31. The van der Waals surface area contributed by atoms with E-state index < -0.39 is 0 Å². The number of rotatable bonds is 3. The maximum Gasteiger partial charge on any atom is 0.0443 e. The quantitative estimate of drug-likeness (QED) is 0.848. The number of nitrogens with one attached hydrogen (secondary N) is 1. The van der Waals surface area contributed by atoms with Crippen LogP contribution in [0.2, 0.25) is 5.02 Å². The highest BCUT2D eigenvalue weighted by Crippen LogP contribution is 2.31. The maximum absolute atomic E-state index is 6.34. The molecule has 2 rings (SSSR count). The maximum atomic E-state index is 6.34. The Balaban J connectivity index is 2.14. The van der Waals surface area contributed by atoms with Crippen LogP contribution in [0.4, 0.5) is 0 Å². The average Bonchev–Trinajstić information content (AvgIpc) is 2.31. The number of benzene rings is 1. The Labute approximate surface area is 102 Å². The van der Waals surface area contributed by atoms with Crippen molar-refractivity contribution < 1.29 is 0 Å². The normalized spacial score (nSPS) is 17.6. The van der Waals surface area contributed by atoms with E-state index in [1.54, 1.807) is 0 Å². The van der Waals surface area contributed by atoms with E-state index in [0.717, 1.165) is 24.5 Å². The Kier molecular flexibility index (Phi) is 4.22. The standard InChI is InChI=1S/C13H19ClN2/c14-13-9-10(3-6-15)1-2-12(13)11-4-7-16-8-5-11/h1-2,9,11,16H,3-8,15H2. The van der Waals surface area contributed by atoms with Crippen LogP contribution in [0, 0.1) is 0 Å². The fourth-order valence-corrected chi connectivity index (χ4v) is 2.71. The molecule has 0 unspecified atom stereocenters. The number of hydrogen-bond donors (Lipinski definition) is 2. The largest absolute Gasteiger partial charge is 0.330 e. The van der Waals surface area contributed by atoms with Gasteiger partial charge >= 0.3 is 0 Å². The molecule has 0 aromatic heterocycles. The van der Waals surface area contributed by atoms with E-state index >= 15 is 0 Å². The summed E-state index contributed by atoms with van der Waals surface area (Å²) < 4.78 is 0. The van der Waals surface area contributed by atoms with Crippen molar-refractivity contribution in [2.75, 3.05) is 19.6 Å². The highest BCUT2D eigenvalue weighted by atomic mass is 35.5. The second-order valence-electron chi connectivity index (χ2n) is 4.42. The van der Waals surface area contributed by atoms with Gasteiger partial charge in [-0.2, -0.15) is 0 Å². The molecule has 1 heterocycles. The van der Waals surface area contributed by atoms with Crippen LogP contribution < -0.4 is 11.1 Å². The van der Waals surface area contributed by atoms with E-state index in [2.05, 4.69) is 23.5 Å². The highest BCUT2D eigenvalue weighted by Gasteiger charge is 2.17. The summed E-state index contributed by atoms with van der Waals surface area (Å²) >= 11 is 6.34. The van der Waals surface area contributed by atoms with Gasteiger partial charge in [-0.15, -0.1) is 0 Å². The van der Waals surface area contributed by atoms with Gasteiger partial charge in [0.2, 0.25) is 0 Å². The van der Waals surface area contributed by atoms with Crippen molar-refractivity contribution >= 4 is 11.6 Å². The third-order valence-electron chi connectivity index (χ3n) is 3.28. The SMILES string of the molecule is NCCc1ccc(C2CCNCC2)c(Cl)c1. The molecule has 0 saturated carbocycles. The summed E-state index contributed by atoms with van der Waals surface area (Å²) in [6.45, 7) is 2.89. The summed E-state index contributed by atoms with van der Waals surface area (Å²) in [6.07, 6.45) is 3.29. The summed E-state index contributed by atoms with van der Waals surface area (Å²) in [7, 11) is 0. The van der Waals surface area contributed by atoms with Gasteiger partial charge in [-0.05, 0) is 62.0 Å². The van der Waals surface area contributed by atoms with Crippen LogP contribution in [-0.4, -0.2) is 19.6 Å². The van der Waals surface area contributed by atoms with Crippen molar-refractivity contribution in [2.45, 2.75) is 25.2 Å². The molecule has 0 aliphatic carbocycles. The lowest BCUT2D eigenvalue weighted by atomic mass is 9.89. The van der Waals surface area contributed by atoms with E-state index in [1.165, 1.54) is 24.0 Å². The molecule has 0 bridgehead atoms. The van der Waals surface area contributed by atoms with Crippen LogP contribution in [0.5, 0.6) is 0 Å². The molecule has 3 heteroatoms. The molecule has 1 aromatic carbocycles. The highest BCUT2D eigenvalue weighted by molar-refractivity contribution is 6.31. The first-order chi connectivity index (χ1) is 7.81. The van der Waals surface area contributed by atoms with Crippen LogP contribution in [0.25, 0.3) is 0 Å². The van der Waals surface area contributed by atoms with Crippen LogP contribution >= 0.6 is 11.6 Å². The first kappa shape index (κ1) is 11.9. The molecular weight excluding hydrogens is 220 g/mol. The lowest BCUT2D eigenvalue weighted by Crippen LogP contribution is -2.26. The fourth-order valence-electron chi connectivity index (χ4n) is 2.36. The van der Waals surface area contributed by atoms with Crippen molar-refractivity contribution in [1.29, 1.82) is 0 Å². The van der Waals surface area contributed by atoms with Crippen molar-refractivity contribution in [1.82, 2.24) is 5.32 Å². The Morgan fingerprint density at radius 1 is 1.31 bits per heavy atom. The van der Waals surface area contributed by atoms with E-state index in [4.69, 9.17) is 17.3 Å². The van der Waals surface area contributed by atoms with Gasteiger partial charge in [-0.25, -0.2) is 0 Å². The molecule has 3 N–H and O–H groups in total. The van der Waals surface area contributed by atoms with Crippen LogP contribution in [-0.2, 0) is 6.42 Å². The molecule has 1 aromatic rings. The minimum atomic E-state index is 0.626. The molecule has 0 amide bonds. The van der Waals surface area contributed by atoms with Gasteiger partial charge in [0.25, 0.3) is 0 Å². The summed E-state index contributed by atoms with van der Waals surface area (Å²) in [6, 6.07) is 6.42. The summed E-state index contributed by atoms with van der Waals surface area (Å²) in [5.41, 5.74) is 8.09. The Hall–Kier alpha value is -0.570. The van der Waals surface area contributed by atoms with Crippen molar-refractivity contribution in [3.63, 3.8) is 0 Å². The van der Waals surface area contributed by atoms with E-state index in [-0.39, 0.29) is 0 Å². The molecule has 0 radical (unpaired) electrons. The Bertz CT molecular complexity index is 346. The Morgan fingerprint density at radius 2 is 2.06 bits per heavy atom. The molecule has 2 nitrogen and oxygen atoms in total. The average molecular weight is 239 g/mol. The number of hydrogen-bond acceptors (Lipinski definition) is 2. The van der Waals surface area contributed by atoms with Crippen LogP contribution in [0.1, 0.15) is 29.9 Å². The molecule has 1 saturated heterocycles. The van der Waals surface area contributed by atoms with E-state index in [9.17, 15) is 0 Å². The van der Waals surface area contributed by atoms with Gasteiger partial charge in [0.1, 0.15) is 0 Å². The first-order valence-electron chi connectivity index (χ1n) is 6.00. The molecule has 1 aliphatic rings. The zero-order valence-electron chi connectivity index (χ0n) is 9.51. The zero-order chi connectivity index (χ0) is 11.4. The summed E-state index contributed by atoms with van der Waals surface area (Å²) in [5.74, 6) is 0.626. The molecule has 1 fully saturated rings. The third-order valence-corrected chi connectivity index (χ3v) is 3.60. The molecule has 16 heavy (non-hydrogen) atoms. The van der Waals surface area contributed by atoms with Crippen LogP contribution in [0.15, 0.2) is 18.2 Å². The van der Waals surface area contributed by atoms with Crippen molar-refractivity contribution in [2.24, 2.45) is 5.73 Å². The fraction of sp³-hybridized carbons (Fsp3) is 0.538. The van der Waals surface area contributed by atoms with Gasteiger partial charge in [-0.1, -0.05) is 23.7 Å². The van der Waals surface area contributed by atoms with E-state index in [1.807, 2.05) is 0 Å². The smallest absolute Gasteiger partial charge is 0.0443 e. The molecule has 88 valence electrons. The van der Waals surface area contributed by atoms with Gasteiger partial charge in [0, 0.05) is 5.02 Å². The number of piperidine rings is 1. The second-order valence-corrected chi connectivity index (χ2v) is 4.83. The molecular formula is C13H19ClN2. The lowest BCUT2D eigenvalue weighted by molar-refractivity contribution is 0.460. The predicted molar refractivity (Wildman–Crippen MR) is 69.1 cm³/mol. The minimum Gasteiger partial charge on any atom is -0.330 e. The topological polar surface area (TPSA) is 38.0 Å². The van der Waals surface area contributed by atoms with Gasteiger partial charge in [0.15, 0.2) is 0 Å². The molecule has 0 spiro atoms. The number of nitrogens with two attached hydrogens (primary N) is 1. The minimum absolute atomic E-state index is 0.626. The zero-order valence-corrected chi connectivity index (χ0v) is 10.3. The first-order valence-corrected chi connectivity index (χ1v) is 6.38. The number of halogens is 1.